The van der Waals surface area contributed by atoms with Gasteiger partial charge in [-0.05, 0) is 12.1 Å². The molecule has 3 aromatic rings. The van der Waals surface area contributed by atoms with Gasteiger partial charge in [0.05, 0.1) is 11.6 Å². The molecule has 106 valence electrons. The zero-order chi connectivity index (χ0) is 14.6. The Morgan fingerprint density at radius 3 is 2.95 bits per heavy atom. The molecule has 0 spiro atoms. The molecule has 0 aliphatic carbocycles. The maximum Gasteiger partial charge on any atom is 0.351 e. The summed E-state index contributed by atoms with van der Waals surface area (Å²) in [7, 11) is 0. The van der Waals surface area contributed by atoms with Gasteiger partial charge in [-0.3, -0.25) is 4.57 Å². The zero-order valence-corrected chi connectivity index (χ0v) is 10.7. The lowest BCUT2D eigenvalue weighted by Gasteiger charge is -2.06. The van der Waals surface area contributed by atoms with Crippen LogP contribution in [0.3, 0.4) is 0 Å². The van der Waals surface area contributed by atoms with Gasteiger partial charge in [0.1, 0.15) is 17.3 Å². The second kappa shape index (κ2) is 4.11. The zero-order valence-electron chi connectivity index (χ0n) is 10.7. The highest BCUT2D eigenvalue weighted by Gasteiger charge is 2.20. The Morgan fingerprint density at radius 2 is 2.14 bits per heavy atom. The first-order valence-electron chi connectivity index (χ1n) is 6.33. The monoisotopic (exact) mass is 289 g/mol. The van der Waals surface area contributed by atoms with Crippen LogP contribution in [0.2, 0.25) is 0 Å². The molecular weight excluding hydrogens is 280 g/mol. The molecule has 4 rings (SSSR count). The molecule has 0 unspecified atom stereocenters. The Balaban J connectivity index is 2.03. The van der Waals surface area contributed by atoms with E-state index in [-0.39, 0.29) is 11.3 Å². The second-order valence-corrected chi connectivity index (χ2v) is 4.71. The molecule has 0 amide bonds. The molecule has 0 saturated carbocycles. The fourth-order valence-corrected chi connectivity index (χ4v) is 2.52. The van der Waals surface area contributed by atoms with Crippen LogP contribution >= 0.6 is 0 Å². The van der Waals surface area contributed by atoms with Crippen LogP contribution in [-0.2, 0) is 6.54 Å². The Labute approximate surface area is 116 Å². The molecule has 6 nitrogen and oxygen atoms in total. The third kappa shape index (κ3) is 1.65. The Hall–Kier alpha value is -2.77. The molecule has 1 N–H and O–H groups in total. The highest BCUT2D eigenvalue weighted by atomic mass is 19.1. The van der Waals surface area contributed by atoms with Gasteiger partial charge >= 0.3 is 5.69 Å². The Morgan fingerprint density at radius 1 is 1.29 bits per heavy atom. The van der Waals surface area contributed by atoms with E-state index >= 15 is 0 Å². The number of anilines is 1. The summed E-state index contributed by atoms with van der Waals surface area (Å²) >= 11 is 0. The van der Waals surface area contributed by atoms with Gasteiger partial charge in [0.2, 0.25) is 0 Å². The topological polar surface area (TPSA) is 64.7 Å². The molecule has 1 aliphatic rings. The minimum Gasteiger partial charge on any atom is -0.369 e. The van der Waals surface area contributed by atoms with Crippen molar-refractivity contribution >= 4 is 16.9 Å². The smallest absolute Gasteiger partial charge is 0.351 e. The minimum atomic E-state index is -0.768. The average Bonchev–Trinajstić information content (AvgIpc) is 3.05. The van der Waals surface area contributed by atoms with Crippen molar-refractivity contribution in [2.24, 2.45) is 0 Å². The normalized spacial score (nSPS) is 13.4. The standard InChI is InChI=1S/C13H9F2N5O/c14-7-1-2-10(9(15)5-7)20-12-8(6-17-20)11-16-3-4-19(11)13(21)18-12/h1-2,5-6,16H,3-4H2. The van der Waals surface area contributed by atoms with Gasteiger partial charge in [0, 0.05) is 19.2 Å². The van der Waals surface area contributed by atoms with Crippen molar-refractivity contribution in [2.45, 2.75) is 6.54 Å². The maximum absolute atomic E-state index is 13.9. The largest absolute Gasteiger partial charge is 0.369 e. The van der Waals surface area contributed by atoms with Crippen molar-refractivity contribution in [3.05, 3.63) is 46.5 Å². The van der Waals surface area contributed by atoms with E-state index in [0.29, 0.717) is 24.3 Å². The second-order valence-electron chi connectivity index (χ2n) is 4.71. The molecule has 3 heterocycles. The van der Waals surface area contributed by atoms with E-state index < -0.39 is 17.3 Å². The van der Waals surface area contributed by atoms with Crippen molar-refractivity contribution in [3.8, 4) is 5.69 Å². The number of nitrogens with zero attached hydrogens (tertiary/aromatic N) is 4. The van der Waals surface area contributed by atoms with Crippen molar-refractivity contribution < 1.29 is 8.78 Å². The fraction of sp³-hybridized carbons (Fsp3) is 0.154. The lowest BCUT2D eigenvalue weighted by molar-refractivity contribution is 0.574. The lowest BCUT2D eigenvalue weighted by atomic mass is 10.3. The average molecular weight is 289 g/mol. The quantitative estimate of drug-likeness (QED) is 0.733. The van der Waals surface area contributed by atoms with Gasteiger partial charge in [0.15, 0.2) is 11.5 Å². The van der Waals surface area contributed by atoms with Crippen LogP contribution in [0.25, 0.3) is 16.7 Å². The van der Waals surface area contributed by atoms with Crippen molar-refractivity contribution in [1.82, 2.24) is 19.3 Å². The molecular formula is C13H9F2N5O. The highest BCUT2D eigenvalue weighted by molar-refractivity contribution is 5.88. The number of halogens is 2. The fourth-order valence-electron chi connectivity index (χ4n) is 2.52. The van der Waals surface area contributed by atoms with Crippen LogP contribution in [0.5, 0.6) is 0 Å². The Kier molecular flexibility index (Phi) is 2.35. The van der Waals surface area contributed by atoms with Gasteiger partial charge in [-0.25, -0.2) is 18.3 Å². The van der Waals surface area contributed by atoms with E-state index in [1.165, 1.54) is 21.5 Å². The predicted octanol–water partition coefficient (Wildman–Crippen LogP) is 1.29. The number of hydrogen-bond donors (Lipinski definition) is 1. The number of rotatable bonds is 1. The summed E-state index contributed by atoms with van der Waals surface area (Å²) in [5.74, 6) is -0.822. The van der Waals surface area contributed by atoms with Crippen molar-refractivity contribution in [2.75, 3.05) is 11.9 Å². The minimum absolute atomic E-state index is 0.0428. The van der Waals surface area contributed by atoms with Gasteiger partial charge in [-0.15, -0.1) is 0 Å². The molecule has 1 aromatic carbocycles. The molecule has 1 aliphatic heterocycles. The van der Waals surface area contributed by atoms with E-state index in [9.17, 15) is 13.6 Å². The number of fused-ring (bicyclic) bond motifs is 3. The van der Waals surface area contributed by atoms with Gasteiger partial charge < -0.3 is 5.32 Å². The third-order valence-electron chi connectivity index (χ3n) is 3.47. The van der Waals surface area contributed by atoms with E-state index in [4.69, 9.17) is 0 Å². The van der Waals surface area contributed by atoms with Crippen LogP contribution in [0.15, 0.2) is 29.2 Å². The summed E-state index contributed by atoms with van der Waals surface area (Å²) in [5.41, 5.74) is -0.140. The molecule has 21 heavy (non-hydrogen) atoms. The highest BCUT2D eigenvalue weighted by Crippen LogP contribution is 2.25. The number of nitrogens with one attached hydrogen (secondary N) is 1. The van der Waals surface area contributed by atoms with E-state index in [2.05, 4.69) is 15.4 Å². The first-order valence-corrected chi connectivity index (χ1v) is 6.33. The molecule has 0 atom stereocenters. The molecule has 0 radical (unpaired) electrons. The van der Waals surface area contributed by atoms with E-state index in [0.717, 1.165) is 12.1 Å². The molecule has 0 bridgehead atoms. The Bertz CT molecular complexity index is 930. The summed E-state index contributed by atoms with van der Waals surface area (Å²) < 4.78 is 29.6. The molecule has 8 heteroatoms. The summed E-state index contributed by atoms with van der Waals surface area (Å²) in [6.07, 6.45) is 1.51. The van der Waals surface area contributed by atoms with Crippen LogP contribution in [0, 0.1) is 11.6 Å². The van der Waals surface area contributed by atoms with Crippen LogP contribution < -0.4 is 11.0 Å². The SMILES string of the molecule is O=c1nc2c(cnn2-c2ccc(F)cc2F)c2n1CCN2. The third-order valence-corrected chi connectivity index (χ3v) is 3.47. The van der Waals surface area contributed by atoms with Crippen molar-refractivity contribution in [3.63, 3.8) is 0 Å². The van der Waals surface area contributed by atoms with Gasteiger partial charge in [-0.2, -0.15) is 10.1 Å². The van der Waals surface area contributed by atoms with Gasteiger partial charge in [0.25, 0.3) is 0 Å². The first-order chi connectivity index (χ1) is 10.1. The van der Waals surface area contributed by atoms with Crippen molar-refractivity contribution in [1.29, 1.82) is 0 Å². The summed E-state index contributed by atoms with van der Waals surface area (Å²) in [4.78, 5) is 15.9. The lowest BCUT2D eigenvalue weighted by Crippen LogP contribution is -2.21. The molecule has 2 aromatic heterocycles. The number of hydrogen-bond acceptors (Lipinski definition) is 4. The summed E-state index contributed by atoms with van der Waals surface area (Å²) in [6.45, 7) is 1.17. The van der Waals surface area contributed by atoms with Crippen LogP contribution in [0.1, 0.15) is 0 Å². The summed E-state index contributed by atoms with van der Waals surface area (Å²) in [5, 5.41) is 7.78. The molecule has 0 fully saturated rings. The van der Waals surface area contributed by atoms with Gasteiger partial charge in [-0.1, -0.05) is 0 Å². The number of benzene rings is 1. The van der Waals surface area contributed by atoms with Crippen LogP contribution in [-0.4, -0.2) is 25.9 Å². The first kappa shape index (κ1) is 12.0. The predicted molar refractivity (Wildman–Crippen MR) is 71.5 cm³/mol. The van der Waals surface area contributed by atoms with E-state index in [1.54, 1.807) is 0 Å². The maximum atomic E-state index is 13.9. The van der Waals surface area contributed by atoms with Crippen LogP contribution in [0.4, 0.5) is 14.6 Å². The molecule has 0 saturated heterocycles. The van der Waals surface area contributed by atoms with E-state index in [1.807, 2.05) is 0 Å². The summed E-state index contributed by atoms with van der Waals surface area (Å²) in [6, 6.07) is 3.16. The number of aromatic nitrogens is 4.